The minimum Gasteiger partial charge on any atom is -0.467 e. The summed E-state index contributed by atoms with van der Waals surface area (Å²) in [6.07, 6.45) is 2.69. The van der Waals surface area contributed by atoms with E-state index in [0.29, 0.717) is 18.2 Å². The fourth-order valence-electron chi connectivity index (χ4n) is 2.71. The predicted octanol–water partition coefficient (Wildman–Crippen LogP) is 3.62. The van der Waals surface area contributed by atoms with Crippen molar-refractivity contribution in [2.75, 3.05) is 0 Å². The van der Waals surface area contributed by atoms with Crippen LogP contribution in [-0.4, -0.2) is 17.2 Å². The molecule has 3 nitrogen and oxygen atoms in total. The summed E-state index contributed by atoms with van der Waals surface area (Å²) < 4.78 is 5.23. The molecule has 3 unspecified atom stereocenters. The monoisotopic (exact) mass is 287 g/mol. The van der Waals surface area contributed by atoms with Crippen molar-refractivity contribution in [3.05, 3.63) is 59.5 Å². The zero-order valence-electron chi connectivity index (χ0n) is 13.0. The van der Waals surface area contributed by atoms with Gasteiger partial charge in [-0.15, -0.1) is 0 Å². The van der Waals surface area contributed by atoms with Crippen LogP contribution in [0.15, 0.2) is 47.1 Å². The van der Waals surface area contributed by atoms with Crippen LogP contribution >= 0.6 is 0 Å². The first-order valence-electron chi connectivity index (χ1n) is 7.58. The van der Waals surface area contributed by atoms with Crippen LogP contribution in [0.25, 0.3) is 0 Å². The van der Waals surface area contributed by atoms with Gasteiger partial charge in [-0.25, -0.2) is 0 Å². The molecule has 3 atom stereocenters. The first kappa shape index (κ1) is 15.8. The quantitative estimate of drug-likeness (QED) is 0.817. The minimum atomic E-state index is -0.548. The van der Waals surface area contributed by atoms with E-state index in [1.54, 1.807) is 12.3 Å². The van der Waals surface area contributed by atoms with E-state index in [4.69, 9.17) is 4.42 Å². The van der Waals surface area contributed by atoms with Crippen LogP contribution in [-0.2, 0) is 6.42 Å². The summed E-state index contributed by atoms with van der Waals surface area (Å²) in [4.78, 5) is 0. The second-order valence-corrected chi connectivity index (χ2v) is 5.87. The maximum Gasteiger partial charge on any atom is 0.132 e. The van der Waals surface area contributed by atoms with Crippen molar-refractivity contribution in [2.24, 2.45) is 0 Å². The molecule has 114 valence electrons. The third kappa shape index (κ3) is 4.73. The van der Waals surface area contributed by atoms with Crippen LogP contribution in [0.1, 0.15) is 43.3 Å². The van der Waals surface area contributed by atoms with Crippen LogP contribution in [0, 0.1) is 6.92 Å². The number of hydrogen-bond donors (Lipinski definition) is 2. The van der Waals surface area contributed by atoms with Gasteiger partial charge in [-0.05, 0) is 56.9 Å². The first-order valence-corrected chi connectivity index (χ1v) is 7.58. The molecular weight excluding hydrogens is 262 g/mol. The Labute approximate surface area is 127 Å². The number of nitrogens with one attached hydrogen (secondary N) is 1. The van der Waals surface area contributed by atoms with Gasteiger partial charge in [0.05, 0.1) is 6.26 Å². The van der Waals surface area contributed by atoms with Crippen LogP contribution in [0.3, 0.4) is 0 Å². The molecule has 0 saturated carbocycles. The molecule has 1 aromatic carbocycles. The largest absolute Gasteiger partial charge is 0.467 e. The highest BCUT2D eigenvalue weighted by molar-refractivity contribution is 5.26. The maximum absolute atomic E-state index is 10.1. The third-order valence-corrected chi connectivity index (χ3v) is 3.80. The summed E-state index contributed by atoms with van der Waals surface area (Å²) in [5.74, 6) is 0.634. The Bertz CT molecular complexity index is 536. The Morgan fingerprint density at radius 3 is 2.52 bits per heavy atom. The molecule has 0 fully saturated rings. The van der Waals surface area contributed by atoms with Gasteiger partial charge in [0.2, 0.25) is 0 Å². The normalized spacial score (nSPS) is 15.6. The van der Waals surface area contributed by atoms with Crippen LogP contribution < -0.4 is 5.32 Å². The molecule has 0 aliphatic carbocycles. The number of aliphatic hydroxyl groups is 1. The van der Waals surface area contributed by atoms with Gasteiger partial charge in [0, 0.05) is 12.1 Å². The second kappa shape index (κ2) is 7.43. The van der Waals surface area contributed by atoms with Crippen LogP contribution in [0.5, 0.6) is 0 Å². The molecular formula is C18H25NO2. The Hall–Kier alpha value is -1.58. The smallest absolute Gasteiger partial charge is 0.132 e. The molecule has 1 aromatic heterocycles. The lowest BCUT2D eigenvalue weighted by Crippen LogP contribution is -2.37. The molecule has 1 heterocycles. The standard InChI is InChI=1S/C18H25NO2/c1-13-7-4-5-8-16(13)11-14(2)19-15(3)12-17(20)18-9-6-10-21-18/h4-10,14-15,17,19-20H,11-12H2,1-3H3. The van der Waals surface area contributed by atoms with Crippen LogP contribution in [0.4, 0.5) is 0 Å². The molecule has 0 amide bonds. The van der Waals surface area contributed by atoms with Gasteiger partial charge < -0.3 is 14.8 Å². The van der Waals surface area contributed by atoms with Gasteiger partial charge in [0.1, 0.15) is 11.9 Å². The molecule has 2 rings (SSSR count). The molecule has 0 bridgehead atoms. The van der Waals surface area contributed by atoms with E-state index in [1.165, 1.54) is 11.1 Å². The average Bonchev–Trinajstić information content (AvgIpc) is 2.95. The van der Waals surface area contributed by atoms with Crippen molar-refractivity contribution < 1.29 is 9.52 Å². The first-order chi connectivity index (χ1) is 10.1. The third-order valence-electron chi connectivity index (χ3n) is 3.80. The highest BCUT2D eigenvalue weighted by Gasteiger charge is 2.16. The van der Waals surface area contributed by atoms with E-state index < -0.39 is 6.10 Å². The van der Waals surface area contributed by atoms with Crippen molar-refractivity contribution in [2.45, 2.75) is 51.8 Å². The molecule has 0 saturated heterocycles. The molecule has 0 spiro atoms. The Morgan fingerprint density at radius 2 is 1.86 bits per heavy atom. The van der Waals surface area contributed by atoms with Crippen molar-refractivity contribution in [3.63, 3.8) is 0 Å². The average molecular weight is 287 g/mol. The fraction of sp³-hybridized carbons (Fsp3) is 0.444. The van der Waals surface area contributed by atoms with Crippen LogP contribution in [0.2, 0.25) is 0 Å². The zero-order valence-corrected chi connectivity index (χ0v) is 13.0. The van der Waals surface area contributed by atoms with E-state index in [9.17, 15) is 5.11 Å². The number of aliphatic hydroxyl groups excluding tert-OH is 1. The highest BCUT2D eigenvalue weighted by atomic mass is 16.4. The molecule has 3 heteroatoms. The lowest BCUT2D eigenvalue weighted by molar-refractivity contribution is 0.127. The van der Waals surface area contributed by atoms with Gasteiger partial charge in [0.25, 0.3) is 0 Å². The Balaban J connectivity index is 1.82. The predicted molar refractivity (Wildman–Crippen MR) is 85.2 cm³/mol. The van der Waals surface area contributed by atoms with Gasteiger partial charge in [-0.2, -0.15) is 0 Å². The number of benzene rings is 1. The lowest BCUT2D eigenvalue weighted by atomic mass is 10.0. The highest BCUT2D eigenvalue weighted by Crippen LogP contribution is 2.19. The molecule has 0 aliphatic rings. The number of hydrogen-bond acceptors (Lipinski definition) is 3. The number of furan rings is 1. The Kier molecular flexibility index (Phi) is 5.59. The summed E-state index contributed by atoms with van der Waals surface area (Å²) in [5.41, 5.74) is 2.70. The molecule has 0 aliphatic heterocycles. The van der Waals surface area contributed by atoms with E-state index in [-0.39, 0.29) is 6.04 Å². The summed E-state index contributed by atoms with van der Waals surface area (Å²) in [6, 6.07) is 12.7. The van der Waals surface area contributed by atoms with E-state index in [0.717, 1.165) is 6.42 Å². The van der Waals surface area contributed by atoms with Crippen molar-refractivity contribution >= 4 is 0 Å². The molecule has 2 N–H and O–H groups in total. The SMILES string of the molecule is Cc1ccccc1CC(C)NC(C)CC(O)c1ccco1. The van der Waals surface area contributed by atoms with E-state index in [2.05, 4.69) is 50.4 Å². The second-order valence-electron chi connectivity index (χ2n) is 5.87. The number of aryl methyl sites for hydroxylation is 1. The van der Waals surface area contributed by atoms with Crippen molar-refractivity contribution in [3.8, 4) is 0 Å². The summed E-state index contributed by atoms with van der Waals surface area (Å²) in [6.45, 7) is 6.43. The summed E-state index contributed by atoms with van der Waals surface area (Å²) in [7, 11) is 0. The van der Waals surface area contributed by atoms with Crippen molar-refractivity contribution in [1.82, 2.24) is 5.32 Å². The molecule has 0 radical (unpaired) electrons. The van der Waals surface area contributed by atoms with E-state index >= 15 is 0 Å². The fourth-order valence-corrected chi connectivity index (χ4v) is 2.71. The van der Waals surface area contributed by atoms with Gasteiger partial charge >= 0.3 is 0 Å². The number of rotatable bonds is 7. The topological polar surface area (TPSA) is 45.4 Å². The van der Waals surface area contributed by atoms with Gasteiger partial charge in [-0.3, -0.25) is 0 Å². The lowest BCUT2D eigenvalue weighted by Gasteiger charge is -2.22. The zero-order chi connectivity index (χ0) is 15.2. The van der Waals surface area contributed by atoms with Crippen molar-refractivity contribution in [1.29, 1.82) is 0 Å². The minimum absolute atomic E-state index is 0.226. The molecule has 21 heavy (non-hydrogen) atoms. The summed E-state index contributed by atoms with van der Waals surface area (Å²) in [5, 5.41) is 13.6. The van der Waals surface area contributed by atoms with E-state index in [1.807, 2.05) is 6.07 Å². The Morgan fingerprint density at radius 1 is 1.10 bits per heavy atom. The molecule has 2 aromatic rings. The van der Waals surface area contributed by atoms with Gasteiger partial charge in [0.15, 0.2) is 0 Å². The maximum atomic E-state index is 10.1. The van der Waals surface area contributed by atoms with Gasteiger partial charge in [-0.1, -0.05) is 24.3 Å². The summed E-state index contributed by atoms with van der Waals surface area (Å²) >= 11 is 0.